The lowest BCUT2D eigenvalue weighted by Crippen LogP contribution is -2.45. The molecule has 1 fully saturated rings. The maximum absolute atomic E-state index is 13.2. The van der Waals surface area contributed by atoms with E-state index < -0.39 is 5.41 Å². The molecule has 2 rings (SSSR count). The molecule has 3 N–H and O–H groups in total. The Hall–Kier alpha value is -1.42. The molecule has 1 saturated carbocycles. The number of halogens is 1. The Bertz CT molecular complexity index is 400. The standard InChI is InChI=1S/C12H15FN2O/c13-10-5-3-4-9(8-10)12(11(16)15-14)6-1-2-7-12/h3-5,8H,1-2,6-7,14H2,(H,15,16). The number of carbonyl (C=O) groups is 1. The number of carbonyl (C=O) groups excluding carboxylic acids is 1. The second-order valence-electron chi connectivity index (χ2n) is 4.27. The summed E-state index contributed by atoms with van der Waals surface area (Å²) >= 11 is 0. The Labute approximate surface area is 93.8 Å². The van der Waals surface area contributed by atoms with Crippen LogP contribution in [0.25, 0.3) is 0 Å². The van der Waals surface area contributed by atoms with Gasteiger partial charge in [-0.3, -0.25) is 10.2 Å². The molecular weight excluding hydrogens is 207 g/mol. The number of hydrogen-bond donors (Lipinski definition) is 2. The molecule has 4 heteroatoms. The van der Waals surface area contributed by atoms with Gasteiger partial charge in [0.25, 0.3) is 0 Å². The maximum atomic E-state index is 13.2. The van der Waals surface area contributed by atoms with E-state index in [4.69, 9.17) is 5.84 Å². The summed E-state index contributed by atoms with van der Waals surface area (Å²) in [7, 11) is 0. The molecule has 1 amide bonds. The molecule has 0 aliphatic heterocycles. The van der Waals surface area contributed by atoms with Crippen LogP contribution in [0.3, 0.4) is 0 Å². The summed E-state index contributed by atoms with van der Waals surface area (Å²) in [6, 6.07) is 6.24. The van der Waals surface area contributed by atoms with Crippen LogP contribution in [-0.4, -0.2) is 5.91 Å². The second-order valence-corrected chi connectivity index (χ2v) is 4.27. The van der Waals surface area contributed by atoms with E-state index in [1.54, 1.807) is 12.1 Å². The fourth-order valence-electron chi connectivity index (χ4n) is 2.55. The predicted octanol–water partition coefficient (Wildman–Crippen LogP) is 1.63. The summed E-state index contributed by atoms with van der Waals surface area (Å²) in [6.45, 7) is 0. The smallest absolute Gasteiger partial charge is 0.244 e. The van der Waals surface area contributed by atoms with Gasteiger partial charge in [-0.05, 0) is 30.5 Å². The summed E-state index contributed by atoms with van der Waals surface area (Å²) in [5, 5.41) is 0. The first-order valence-corrected chi connectivity index (χ1v) is 5.46. The van der Waals surface area contributed by atoms with E-state index in [0.29, 0.717) is 0 Å². The summed E-state index contributed by atoms with van der Waals surface area (Å²) in [6.07, 6.45) is 3.42. The summed E-state index contributed by atoms with van der Waals surface area (Å²) < 4.78 is 13.2. The Balaban J connectivity index is 2.43. The zero-order valence-corrected chi connectivity index (χ0v) is 9.00. The molecule has 0 atom stereocenters. The number of benzene rings is 1. The molecule has 0 unspecified atom stereocenters. The first-order chi connectivity index (χ1) is 7.69. The zero-order chi connectivity index (χ0) is 11.6. The van der Waals surface area contributed by atoms with Crippen LogP contribution in [0.5, 0.6) is 0 Å². The van der Waals surface area contributed by atoms with Crippen LogP contribution < -0.4 is 11.3 Å². The van der Waals surface area contributed by atoms with Gasteiger partial charge < -0.3 is 0 Å². The van der Waals surface area contributed by atoms with Crippen molar-refractivity contribution in [3.63, 3.8) is 0 Å². The van der Waals surface area contributed by atoms with Crippen molar-refractivity contribution in [1.29, 1.82) is 0 Å². The summed E-state index contributed by atoms with van der Waals surface area (Å²) in [5.41, 5.74) is 2.31. The van der Waals surface area contributed by atoms with Crippen molar-refractivity contribution in [3.05, 3.63) is 35.6 Å². The minimum absolute atomic E-state index is 0.212. The van der Waals surface area contributed by atoms with Crippen molar-refractivity contribution in [2.24, 2.45) is 5.84 Å². The van der Waals surface area contributed by atoms with Crippen molar-refractivity contribution in [2.75, 3.05) is 0 Å². The highest BCUT2D eigenvalue weighted by Gasteiger charge is 2.42. The topological polar surface area (TPSA) is 55.1 Å². The molecule has 1 aromatic carbocycles. The van der Waals surface area contributed by atoms with Crippen LogP contribution in [0.4, 0.5) is 4.39 Å². The van der Waals surface area contributed by atoms with Gasteiger partial charge in [0.2, 0.25) is 5.91 Å². The molecule has 0 spiro atoms. The van der Waals surface area contributed by atoms with Gasteiger partial charge in [0, 0.05) is 0 Å². The van der Waals surface area contributed by atoms with Crippen LogP contribution in [0, 0.1) is 5.82 Å². The largest absolute Gasteiger partial charge is 0.293 e. The molecule has 0 bridgehead atoms. The number of nitrogens with one attached hydrogen (secondary N) is 1. The predicted molar refractivity (Wildman–Crippen MR) is 58.9 cm³/mol. The normalized spacial score (nSPS) is 18.4. The number of rotatable bonds is 2. The van der Waals surface area contributed by atoms with E-state index in [1.807, 2.05) is 0 Å². The quantitative estimate of drug-likeness (QED) is 0.454. The molecule has 1 aromatic rings. The Kier molecular flexibility index (Phi) is 2.92. The minimum atomic E-state index is -0.628. The third-order valence-corrected chi connectivity index (χ3v) is 3.40. The van der Waals surface area contributed by atoms with Crippen LogP contribution in [0.1, 0.15) is 31.2 Å². The van der Waals surface area contributed by atoms with Gasteiger partial charge in [-0.2, -0.15) is 0 Å². The van der Waals surface area contributed by atoms with Crippen molar-refractivity contribution in [1.82, 2.24) is 5.43 Å². The maximum Gasteiger partial charge on any atom is 0.244 e. The third kappa shape index (κ3) is 1.69. The Morgan fingerprint density at radius 3 is 2.62 bits per heavy atom. The van der Waals surface area contributed by atoms with Crippen molar-refractivity contribution in [3.8, 4) is 0 Å². The van der Waals surface area contributed by atoms with Gasteiger partial charge in [-0.1, -0.05) is 25.0 Å². The highest BCUT2D eigenvalue weighted by molar-refractivity contribution is 5.88. The molecule has 1 aliphatic carbocycles. The molecule has 0 saturated heterocycles. The van der Waals surface area contributed by atoms with E-state index in [1.165, 1.54) is 12.1 Å². The van der Waals surface area contributed by atoms with Crippen LogP contribution in [0.2, 0.25) is 0 Å². The molecule has 3 nitrogen and oxygen atoms in total. The first kappa shape index (κ1) is 11.1. The number of hydrogen-bond acceptors (Lipinski definition) is 2. The van der Waals surface area contributed by atoms with E-state index in [9.17, 15) is 9.18 Å². The molecule has 86 valence electrons. The molecule has 16 heavy (non-hydrogen) atoms. The van der Waals surface area contributed by atoms with Crippen LogP contribution >= 0.6 is 0 Å². The zero-order valence-electron chi connectivity index (χ0n) is 9.00. The van der Waals surface area contributed by atoms with Gasteiger partial charge in [0.1, 0.15) is 5.82 Å². The molecule has 1 aliphatic rings. The fourth-order valence-corrected chi connectivity index (χ4v) is 2.55. The number of hydrazine groups is 1. The highest BCUT2D eigenvalue weighted by atomic mass is 19.1. The molecule has 0 radical (unpaired) electrons. The van der Waals surface area contributed by atoms with Gasteiger partial charge in [0.15, 0.2) is 0 Å². The van der Waals surface area contributed by atoms with Gasteiger partial charge in [-0.15, -0.1) is 0 Å². The van der Waals surface area contributed by atoms with Crippen LogP contribution in [0.15, 0.2) is 24.3 Å². The average molecular weight is 222 g/mol. The summed E-state index contributed by atoms with van der Waals surface area (Å²) in [4.78, 5) is 11.9. The minimum Gasteiger partial charge on any atom is -0.293 e. The number of amides is 1. The van der Waals surface area contributed by atoms with E-state index in [0.717, 1.165) is 31.2 Å². The number of nitrogens with two attached hydrogens (primary N) is 1. The van der Waals surface area contributed by atoms with Crippen molar-refractivity contribution >= 4 is 5.91 Å². The lowest BCUT2D eigenvalue weighted by atomic mass is 9.78. The third-order valence-electron chi connectivity index (χ3n) is 3.40. The highest BCUT2D eigenvalue weighted by Crippen LogP contribution is 2.41. The summed E-state index contributed by atoms with van der Waals surface area (Å²) in [5.74, 6) is 4.70. The van der Waals surface area contributed by atoms with E-state index in [-0.39, 0.29) is 11.7 Å². The van der Waals surface area contributed by atoms with Gasteiger partial charge in [0.05, 0.1) is 5.41 Å². The SMILES string of the molecule is NNC(=O)C1(c2cccc(F)c2)CCCC1. The molecule has 0 aromatic heterocycles. The van der Waals surface area contributed by atoms with E-state index in [2.05, 4.69) is 5.43 Å². The first-order valence-electron chi connectivity index (χ1n) is 5.46. The van der Waals surface area contributed by atoms with Crippen molar-refractivity contribution in [2.45, 2.75) is 31.1 Å². The Morgan fingerprint density at radius 1 is 1.38 bits per heavy atom. The lowest BCUT2D eigenvalue weighted by Gasteiger charge is -2.27. The second kappa shape index (κ2) is 4.22. The monoisotopic (exact) mass is 222 g/mol. The van der Waals surface area contributed by atoms with Crippen molar-refractivity contribution < 1.29 is 9.18 Å². The fraction of sp³-hybridized carbons (Fsp3) is 0.417. The Morgan fingerprint density at radius 2 is 2.06 bits per heavy atom. The molecular formula is C12H15FN2O. The van der Waals surface area contributed by atoms with E-state index >= 15 is 0 Å². The lowest BCUT2D eigenvalue weighted by molar-refractivity contribution is -0.126. The van der Waals surface area contributed by atoms with Crippen LogP contribution in [-0.2, 0) is 10.2 Å². The van der Waals surface area contributed by atoms with Gasteiger partial charge in [-0.25, -0.2) is 10.2 Å². The van der Waals surface area contributed by atoms with Gasteiger partial charge >= 0.3 is 0 Å². The molecule has 0 heterocycles. The average Bonchev–Trinajstić information content (AvgIpc) is 2.78.